The number of nitrogens with one attached hydrogen (secondary N) is 1. The van der Waals surface area contributed by atoms with E-state index in [4.69, 9.17) is 0 Å². The summed E-state index contributed by atoms with van der Waals surface area (Å²) in [5.74, 6) is 0.791. The SMILES string of the molecule is CNC(c1cnccc1C)C1(N(C)C)CCCC(C)C1. The van der Waals surface area contributed by atoms with Crippen LogP contribution in [0.15, 0.2) is 18.5 Å². The van der Waals surface area contributed by atoms with E-state index in [9.17, 15) is 0 Å². The largest absolute Gasteiger partial charge is 0.311 e. The Morgan fingerprint density at radius 2 is 2.20 bits per heavy atom. The molecule has 1 aliphatic carbocycles. The molecule has 1 saturated carbocycles. The molecule has 1 aromatic heterocycles. The molecule has 112 valence electrons. The normalized spacial score (nSPS) is 28.6. The first-order chi connectivity index (χ1) is 9.51. The average molecular weight is 275 g/mol. The lowest BCUT2D eigenvalue weighted by Crippen LogP contribution is -2.55. The summed E-state index contributed by atoms with van der Waals surface area (Å²) in [4.78, 5) is 6.80. The fraction of sp³-hybridized carbons (Fsp3) is 0.706. The van der Waals surface area contributed by atoms with Crippen LogP contribution in [0.1, 0.15) is 49.8 Å². The second-order valence-electron chi connectivity index (χ2n) is 6.65. The molecule has 0 saturated heterocycles. The van der Waals surface area contributed by atoms with E-state index in [1.807, 2.05) is 12.4 Å². The topological polar surface area (TPSA) is 28.2 Å². The molecule has 3 atom stereocenters. The van der Waals surface area contributed by atoms with E-state index in [2.05, 4.69) is 56.3 Å². The van der Waals surface area contributed by atoms with E-state index in [-0.39, 0.29) is 5.54 Å². The van der Waals surface area contributed by atoms with Crippen LogP contribution in [0.2, 0.25) is 0 Å². The first-order valence-corrected chi connectivity index (χ1v) is 7.76. The minimum atomic E-state index is 0.195. The van der Waals surface area contributed by atoms with Gasteiger partial charge in [-0.15, -0.1) is 0 Å². The maximum Gasteiger partial charge on any atom is 0.0522 e. The van der Waals surface area contributed by atoms with Crippen LogP contribution >= 0.6 is 0 Å². The van der Waals surface area contributed by atoms with Crippen molar-refractivity contribution in [3.8, 4) is 0 Å². The van der Waals surface area contributed by atoms with Crippen LogP contribution < -0.4 is 5.32 Å². The molecule has 0 spiro atoms. The summed E-state index contributed by atoms with van der Waals surface area (Å²) >= 11 is 0. The third-order valence-corrected chi connectivity index (χ3v) is 5.12. The Balaban J connectivity index is 2.43. The molecular weight excluding hydrogens is 246 g/mol. The van der Waals surface area contributed by atoms with E-state index in [0.29, 0.717) is 6.04 Å². The van der Waals surface area contributed by atoms with Gasteiger partial charge in [0.1, 0.15) is 0 Å². The molecule has 3 unspecified atom stereocenters. The number of hydrogen-bond donors (Lipinski definition) is 1. The Morgan fingerprint density at radius 1 is 1.45 bits per heavy atom. The van der Waals surface area contributed by atoms with Gasteiger partial charge in [0.25, 0.3) is 0 Å². The second-order valence-corrected chi connectivity index (χ2v) is 6.65. The van der Waals surface area contributed by atoms with Crippen molar-refractivity contribution >= 4 is 0 Å². The lowest BCUT2D eigenvalue weighted by atomic mass is 9.69. The molecule has 1 aliphatic rings. The Labute approximate surface area is 123 Å². The van der Waals surface area contributed by atoms with Gasteiger partial charge in [0.05, 0.1) is 6.04 Å². The monoisotopic (exact) mass is 275 g/mol. The van der Waals surface area contributed by atoms with Crippen molar-refractivity contribution in [2.24, 2.45) is 5.92 Å². The molecule has 3 nitrogen and oxygen atoms in total. The first kappa shape index (κ1) is 15.5. The molecular formula is C17H29N3. The Kier molecular flexibility index (Phi) is 4.82. The number of rotatable bonds is 4. The summed E-state index contributed by atoms with van der Waals surface area (Å²) in [6.07, 6.45) is 9.11. The molecule has 3 heteroatoms. The highest BCUT2D eigenvalue weighted by molar-refractivity contribution is 5.29. The van der Waals surface area contributed by atoms with Crippen LogP contribution in [0, 0.1) is 12.8 Å². The number of aromatic nitrogens is 1. The van der Waals surface area contributed by atoms with Crippen LogP contribution in [-0.2, 0) is 0 Å². The lowest BCUT2D eigenvalue weighted by Gasteiger charge is -2.50. The van der Waals surface area contributed by atoms with Gasteiger partial charge in [-0.25, -0.2) is 0 Å². The van der Waals surface area contributed by atoms with Crippen molar-refractivity contribution in [2.45, 2.75) is 51.1 Å². The smallest absolute Gasteiger partial charge is 0.0522 e. The van der Waals surface area contributed by atoms with Crippen molar-refractivity contribution in [1.82, 2.24) is 15.2 Å². The predicted molar refractivity (Wildman–Crippen MR) is 84.8 cm³/mol. The van der Waals surface area contributed by atoms with E-state index in [0.717, 1.165) is 5.92 Å². The van der Waals surface area contributed by atoms with Crippen molar-refractivity contribution < 1.29 is 0 Å². The summed E-state index contributed by atoms with van der Waals surface area (Å²) in [6.45, 7) is 4.58. The van der Waals surface area contributed by atoms with E-state index in [1.165, 1.54) is 36.8 Å². The Hall–Kier alpha value is -0.930. The van der Waals surface area contributed by atoms with Crippen LogP contribution in [-0.4, -0.2) is 36.6 Å². The first-order valence-electron chi connectivity index (χ1n) is 7.76. The van der Waals surface area contributed by atoms with Crippen LogP contribution in [0.5, 0.6) is 0 Å². The molecule has 0 amide bonds. The zero-order valence-electron chi connectivity index (χ0n) is 13.6. The van der Waals surface area contributed by atoms with Gasteiger partial charge in [0.2, 0.25) is 0 Å². The summed E-state index contributed by atoms with van der Waals surface area (Å²) in [7, 11) is 6.55. The summed E-state index contributed by atoms with van der Waals surface area (Å²) in [5.41, 5.74) is 2.87. The molecule has 0 aromatic carbocycles. The minimum Gasteiger partial charge on any atom is -0.311 e. The van der Waals surface area contributed by atoms with Crippen LogP contribution in [0.25, 0.3) is 0 Å². The average Bonchev–Trinajstić information content (AvgIpc) is 2.41. The third kappa shape index (κ3) is 2.75. The molecule has 1 N–H and O–H groups in total. The van der Waals surface area contributed by atoms with Gasteiger partial charge in [0, 0.05) is 17.9 Å². The fourth-order valence-electron chi connectivity index (χ4n) is 3.98. The highest BCUT2D eigenvalue weighted by Gasteiger charge is 2.44. The Bertz CT molecular complexity index is 444. The fourth-order valence-corrected chi connectivity index (χ4v) is 3.98. The van der Waals surface area contributed by atoms with Crippen LogP contribution in [0.4, 0.5) is 0 Å². The molecule has 0 aliphatic heterocycles. The van der Waals surface area contributed by atoms with Crippen LogP contribution in [0.3, 0.4) is 0 Å². The van der Waals surface area contributed by atoms with Gasteiger partial charge in [-0.2, -0.15) is 0 Å². The standard InChI is InChI=1S/C17H29N3/c1-13-7-6-9-17(11-13,20(4)5)16(18-3)15-12-19-10-8-14(15)2/h8,10,12-13,16,18H,6-7,9,11H2,1-5H3. The number of hydrogen-bond acceptors (Lipinski definition) is 3. The molecule has 20 heavy (non-hydrogen) atoms. The van der Waals surface area contributed by atoms with Gasteiger partial charge in [-0.1, -0.05) is 19.8 Å². The van der Waals surface area contributed by atoms with Crippen molar-refractivity contribution in [1.29, 1.82) is 0 Å². The highest BCUT2D eigenvalue weighted by Crippen LogP contribution is 2.44. The van der Waals surface area contributed by atoms with Gasteiger partial charge in [-0.3, -0.25) is 4.98 Å². The molecule has 1 heterocycles. The summed E-state index contributed by atoms with van der Waals surface area (Å²) < 4.78 is 0. The molecule has 0 bridgehead atoms. The zero-order chi connectivity index (χ0) is 14.8. The molecule has 1 fully saturated rings. The number of aryl methyl sites for hydroxylation is 1. The quantitative estimate of drug-likeness (QED) is 0.915. The number of nitrogens with zero attached hydrogens (tertiary/aromatic N) is 2. The van der Waals surface area contributed by atoms with Gasteiger partial charge in [-0.05, 0) is 64.0 Å². The molecule has 0 radical (unpaired) electrons. The minimum absolute atomic E-state index is 0.195. The Morgan fingerprint density at radius 3 is 2.75 bits per heavy atom. The highest BCUT2D eigenvalue weighted by atomic mass is 15.2. The van der Waals surface area contributed by atoms with Gasteiger partial charge in [0.15, 0.2) is 0 Å². The van der Waals surface area contributed by atoms with Gasteiger partial charge < -0.3 is 10.2 Å². The number of pyridine rings is 1. The van der Waals surface area contributed by atoms with Crippen molar-refractivity contribution in [3.05, 3.63) is 29.6 Å². The summed E-state index contributed by atoms with van der Waals surface area (Å²) in [6, 6.07) is 2.46. The molecule has 1 aromatic rings. The molecule has 2 rings (SSSR count). The van der Waals surface area contributed by atoms with Gasteiger partial charge >= 0.3 is 0 Å². The third-order valence-electron chi connectivity index (χ3n) is 5.12. The second kappa shape index (κ2) is 6.23. The van der Waals surface area contributed by atoms with E-state index in [1.54, 1.807) is 0 Å². The predicted octanol–water partition coefficient (Wildman–Crippen LogP) is 3.16. The number of likely N-dealkylation sites (N-methyl/N-ethyl adjacent to an activating group) is 2. The van der Waals surface area contributed by atoms with E-state index < -0.39 is 0 Å². The lowest BCUT2D eigenvalue weighted by molar-refractivity contribution is 0.0390. The summed E-state index contributed by atoms with van der Waals surface area (Å²) in [5, 5.41) is 3.59. The maximum atomic E-state index is 4.36. The van der Waals surface area contributed by atoms with Crippen molar-refractivity contribution in [2.75, 3.05) is 21.1 Å². The maximum absolute atomic E-state index is 4.36. The zero-order valence-corrected chi connectivity index (χ0v) is 13.6. The van der Waals surface area contributed by atoms with E-state index >= 15 is 0 Å². The van der Waals surface area contributed by atoms with Crippen molar-refractivity contribution in [3.63, 3.8) is 0 Å².